The summed E-state index contributed by atoms with van der Waals surface area (Å²) in [5.74, 6) is -0.104. The van der Waals surface area contributed by atoms with Gasteiger partial charge in [-0.05, 0) is 36.7 Å². The van der Waals surface area contributed by atoms with Crippen molar-refractivity contribution in [2.24, 2.45) is 10.2 Å². The van der Waals surface area contributed by atoms with Gasteiger partial charge >= 0.3 is 0 Å². The zero-order valence-corrected chi connectivity index (χ0v) is 12.7. The molecule has 110 valence electrons. The number of pyridine rings is 1. The molecule has 2 aromatic heterocycles. The van der Waals surface area contributed by atoms with Crippen molar-refractivity contribution in [3.8, 4) is 17.9 Å². The molecular weight excluding hydrogens is 312 g/mol. The number of aryl methyl sites for hydroxylation is 1. The molecule has 1 aromatic carbocycles. The summed E-state index contributed by atoms with van der Waals surface area (Å²) in [4.78, 5) is 4.17. The standard InChI is InChI=1S/C15H8N6OS/c1-8-11(6-17)14-12(7-18-8)15(23-21-14)20-19-10-2-3-13(22)9(4-10)5-16/h2-4,7,22H,1H3/b20-19+. The number of hydrogen-bond acceptors (Lipinski definition) is 8. The second-order valence-corrected chi connectivity index (χ2v) is 5.35. The van der Waals surface area contributed by atoms with E-state index in [4.69, 9.17) is 5.26 Å². The first-order chi connectivity index (χ1) is 11.1. The second kappa shape index (κ2) is 5.79. The van der Waals surface area contributed by atoms with E-state index in [9.17, 15) is 10.4 Å². The van der Waals surface area contributed by atoms with E-state index in [1.165, 1.54) is 12.1 Å². The van der Waals surface area contributed by atoms with Crippen molar-refractivity contribution in [3.63, 3.8) is 0 Å². The van der Waals surface area contributed by atoms with E-state index in [1.54, 1.807) is 19.2 Å². The maximum Gasteiger partial charge on any atom is 0.168 e. The Morgan fingerprint density at radius 1 is 1.22 bits per heavy atom. The van der Waals surface area contributed by atoms with E-state index >= 15 is 0 Å². The third kappa shape index (κ3) is 2.59. The molecule has 0 fully saturated rings. The van der Waals surface area contributed by atoms with Crippen molar-refractivity contribution in [2.75, 3.05) is 0 Å². The Hall–Kier alpha value is -3.36. The van der Waals surface area contributed by atoms with Gasteiger partial charge in [0.15, 0.2) is 5.00 Å². The van der Waals surface area contributed by atoms with Crippen LogP contribution in [0.2, 0.25) is 0 Å². The van der Waals surface area contributed by atoms with Crippen molar-refractivity contribution in [1.82, 2.24) is 9.36 Å². The summed E-state index contributed by atoms with van der Waals surface area (Å²) in [5.41, 5.74) is 2.16. The lowest BCUT2D eigenvalue weighted by Crippen LogP contribution is -1.88. The van der Waals surface area contributed by atoms with Gasteiger partial charge in [0.1, 0.15) is 29.0 Å². The third-order valence-electron chi connectivity index (χ3n) is 3.16. The molecule has 0 atom stereocenters. The molecule has 0 aliphatic rings. The number of fused-ring (bicyclic) bond motifs is 1. The summed E-state index contributed by atoms with van der Waals surface area (Å²) < 4.78 is 4.24. The number of benzene rings is 1. The molecule has 2 heterocycles. The highest BCUT2D eigenvalue weighted by atomic mass is 32.1. The average molecular weight is 320 g/mol. The summed E-state index contributed by atoms with van der Waals surface area (Å²) in [6, 6.07) is 8.33. The van der Waals surface area contributed by atoms with Gasteiger partial charge in [0.2, 0.25) is 0 Å². The Morgan fingerprint density at radius 2 is 2.04 bits per heavy atom. The Kier molecular flexibility index (Phi) is 3.67. The highest BCUT2D eigenvalue weighted by Gasteiger charge is 2.12. The van der Waals surface area contributed by atoms with Crippen molar-refractivity contribution in [2.45, 2.75) is 6.92 Å². The van der Waals surface area contributed by atoms with E-state index in [1.807, 2.05) is 6.07 Å². The minimum atomic E-state index is -0.104. The summed E-state index contributed by atoms with van der Waals surface area (Å²) in [5, 5.41) is 36.9. The largest absolute Gasteiger partial charge is 0.507 e. The predicted molar refractivity (Wildman–Crippen MR) is 83.9 cm³/mol. The fraction of sp³-hybridized carbons (Fsp3) is 0.0667. The van der Waals surface area contributed by atoms with Gasteiger partial charge in [-0.25, -0.2) is 0 Å². The van der Waals surface area contributed by atoms with Crippen LogP contribution in [0.25, 0.3) is 10.9 Å². The molecule has 23 heavy (non-hydrogen) atoms. The van der Waals surface area contributed by atoms with Crippen LogP contribution in [0.5, 0.6) is 5.75 Å². The third-order valence-corrected chi connectivity index (χ3v) is 3.91. The second-order valence-electron chi connectivity index (χ2n) is 4.59. The quantitative estimate of drug-likeness (QED) is 0.719. The van der Waals surface area contributed by atoms with Crippen LogP contribution < -0.4 is 0 Å². The number of phenols is 1. The number of rotatable bonds is 2. The number of aromatic hydroxyl groups is 1. The van der Waals surface area contributed by atoms with Crippen molar-refractivity contribution in [3.05, 3.63) is 41.2 Å². The van der Waals surface area contributed by atoms with Gasteiger partial charge < -0.3 is 5.11 Å². The Labute approximate surface area is 135 Å². The van der Waals surface area contributed by atoms with Crippen LogP contribution in [0.4, 0.5) is 10.7 Å². The first kappa shape index (κ1) is 14.6. The zero-order valence-electron chi connectivity index (χ0n) is 11.8. The van der Waals surface area contributed by atoms with Gasteiger partial charge in [0.25, 0.3) is 0 Å². The van der Waals surface area contributed by atoms with E-state index in [0.717, 1.165) is 11.5 Å². The lowest BCUT2D eigenvalue weighted by molar-refractivity contribution is 0.473. The van der Waals surface area contributed by atoms with Gasteiger partial charge in [0.05, 0.1) is 22.3 Å². The Morgan fingerprint density at radius 3 is 2.78 bits per heavy atom. The molecule has 7 nitrogen and oxygen atoms in total. The molecular formula is C15H8N6OS. The van der Waals surface area contributed by atoms with Gasteiger partial charge in [-0.1, -0.05) is 0 Å². The fourth-order valence-corrected chi connectivity index (χ4v) is 2.66. The molecule has 0 spiro atoms. The van der Waals surface area contributed by atoms with Crippen molar-refractivity contribution in [1.29, 1.82) is 10.5 Å². The number of nitrogens with zero attached hydrogens (tertiary/aromatic N) is 6. The highest BCUT2D eigenvalue weighted by molar-refractivity contribution is 7.11. The summed E-state index contributed by atoms with van der Waals surface area (Å²) in [6.07, 6.45) is 1.61. The number of hydrogen-bond donors (Lipinski definition) is 1. The lowest BCUT2D eigenvalue weighted by Gasteiger charge is -1.97. The Bertz CT molecular complexity index is 1020. The normalized spacial score (nSPS) is 10.7. The van der Waals surface area contributed by atoms with Gasteiger partial charge in [-0.3, -0.25) is 4.98 Å². The molecule has 0 saturated carbocycles. The minimum Gasteiger partial charge on any atom is -0.507 e. The fourth-order valence-electron chi connectivity index (χ4n) is 1.97. The maximum absolute atomic E-state index is 9.47. The lowest BCUT2D eigenvalue weighted by atomic mass is 10.1. The van der Waals surface area contributed by atoms with E-state index < -0.39 is 0 Å². The van der Waals surface area contributed by atoms with Crippen LogP contribution in [0, 0.1) is 29.6 Å². The molecule has 0 aliphatic carbocycles. The minimum absolute atomic E-state index is 0.104. The number of azo groups is 1. The summed E-state index contributed by atoms with van der Waals surface area (Å²) >= 11 is 1.12. The van der Waals surface area contributed by atoms with Crippen molar-refractivity contribution >= 4 is 33.1 Å². The molecule has 0 bridgehead atoms. The molecule has 0 aliphatic heterocycles. The zero-order chi connectivity index (χ0) is 16.4. The van der Waals surface area contributed by atoms with E-state index in [2.05, 4.69) is 25.7 Å². The SMILES string of the molecule is Cc1ncc2c(/N=N/c3ccc(O)c(C#N)c3)snc2c1C#N. The molecule has 0 saturated heterocycles. The average Bonchev–Trinajstić information content (AvgIpc) is 2.97. The molecule has 8 heteroatoms. The molecule has 0 amide bonds. The van der Waals surface area contributed by atoms with Crippen LogP contribution >= 0.6 is 11.5 Å². The van der Waals surface area contributed by atoms with Crippen molar-refractivity contribution < 1.29 is 5.11 Å². The first-order valence-corrected chi connectivity index (χ1v) is 7.21. The summed E-state index contributed by atoms with van der Waals surface area (Å²) in [6.45, 7) is 1.75. The first-order valence-electron chi connectivity index (χ1n) is 6.44. The maximum atomic E-state index is 9.47. The Balaban J connectivity index is 2.03. The van der Waals surface area contributed by atoms with E-state index in [0.29, 0.717) is 32.8 Å². The van der Waals surface area contributed by atoms with Crippen LogP contribution in [0.3, 0.4) is 0 Å². The highest BCUT2D eigenvalue weighted by Crippen LogP contribution is 2.34. The number of phenolic OH excluding ortho intramolecular Hbond substituents is 1. The monoisotopic (exact) mass is 320 g/mol. The van der Waals surface area contributed by atoms with Crippen LogP contribution in [-0.2, 0) is 0 Å². The molecule has 0 unspecified atom stereocenters. The molecule has 1 N–H and O–H groups in total. The molecule has 3 rings (SSSR count). The number of aromatic nitrogens is 2. The van der Waals surface area contributed by atoms with Gasteiger partial charge in [0, 0.05) is 6.20 Å². The summed E-state index contributed by atoms with van der Waals surface area (Å²) in [7, 11) is 0. The number of nitriles is 2. The van der Waals surface area contributed by atoms with Crippen LogP contribution in [-0.4, -0.2) is 14.5 Å². The topological polar surface area (TPSA) is 118 Å². The molecule has 3 aromatic rings. The molecule has 0 radical (unpaired) electrons. The predicted octanol–water partition coefficient (Wildman–Crippen LogP) is 3.86. The van der Waals surface area contributed by atoms with Crippen LogP contribution in [0.15, 0.2) is 34.6 Å². The van der Waals surface area contributed by atoms with Gasteiger partial charge in [-0.15, -0.1) is 10.2 Å². The van der Waals surface area contributed by atoms with Gasteiger partial charge in [-0.2, -0.15) is 14.9 Å². The van der Waals surface area contributed by atoms with E-state index in [-0.39, 0.29) is 11.3 Å². The van der Waals surface area contributed by atoms with Crippen LogP contribution in [0.1, 0.15) is 16.8 Å². The smallest absolute Gasteiger partial charge is 0.168 e.